The Morgan fingerprint density at radius 2 is 2.00 bits per heavy atom. The van der Waals surface area contributed by atoms with Crippen molar-refractivity contribution >= 4 is 0 Å². The molecule has 1 aromatic rings. The SMILES string of the molecule is CCCc1nnn(C(C)(C)C)n1. The van der Waals surface area contributed by atoms with Gasteiger partial charge in [-0.15, -0.1) is 10.2 Å². The summed E-state index contributed by atoms with van der Waals surface area (Å²) in [7, 11) is 0. The molecular formula is C8H16N4. The van der Waals surface area contributed by atoms with Crippen LogP contribution in [0.5, 0.6) is 0 Å². The van der Waals surface area contributed by atoms with Crippen LogP contribution in [0.1, 0.15) is 39.9 Å². The number of aryl methyl sites for hydroxylation is 1. The van der Waals surface area contributed by atoms with Gasteiger partial charge in [-0.05, 0) is 32.4 Å². The van der Waals surface area contributed by atoms with Gasteiger partial charge in [-0.2, -0.15) is 4.80 Å². The normalized spacial score (nSPS) is 12.0. The molecule has 4 heteroatoms. The van der Waals surface area contributed by atoms with Crippen LogP contribution >= 0.6 is 0 Å². The zero-order valence-corrected chi connectivity index (χ0v) is 8.20. The predicted molar refractivity (Wildman–Crippen MR) is 46.8 cm³/mol. The van der Waals surface area contributed by atoms with E-state index in [1.807, 2.05) is 0 Å². The van der Waals surface area contributed by atoms with Crippen LogP contribution in [0.4, 0.5) is 0 Å². The van der Waals surface area contributed by atoms with Gasteiger partial charge in [-0.1, -0.05) is 6.92 Å². The van der Waals surface area contributed by atoms with Crippen LogP contribution in [0.2, 0.25) is 0 Å². The Morgan fingerprint density at radius 1 is 1.33 bits per heavy atom. The Morgan fingerprint density at radius 3 is 2.42 bits per heavy atom. The molecule has 0 unspecified atom stereocenters. The van der Waals surface area contributed by atoms with E-state index in [0.717, 1.165) is 18.7 Å². The van der Waals surface area contributed by atoms with Crippen LogP contribution in [0.15, 0.2) is 0 Å². The second-order valence-corrected chi connectivity index (χ2v) is 3.92. The maximum absolute atomic E-state index is 4.27. The van der Waals surface area contributed by atoms with Crippen molar-refractivity contribution < 1.29 is 0 Å². The summed E-state index contributed by atoms with van der Waals surface area (Å²) in [6, 6.07) is 0. The molecule has 0 spiro atoms. The summed E-state index contributed by atoms with van der Waals surface area (Å²) in [4.78, 5) is 1.66. The van der Waals surface area contributed by atoms with Crippen LogP contribution in [-0.4, -0.2) is 20.2 Å². The minimum atomic E-state index is -0.0566. The average molecular weight is 168 g/mol. The smallest absolute Gasteiger partial charge is 0.159 e. The maximum Gasteiger partial charge on any atom is 0.174 e. The first-order valence-electron chi connectivity index (χ1n) is 4.33. The van der Waals surface area contributed by atoms with E-state index in [0.29, 0.717) is 0 Å². The number of hydrogen-bond acceptors (Lipinski definition) is 3. The molecule has 1 rings (SSSR count). The van der Waals surface area contributed by atoms with Crippen molar-refractivity contribution in [2.24, 2.45) is 0 Å². The molecule has 0 saturated heterocycles. The van der Waals surface area contributed by atoms with Crippen molar-refractivity contribution in [1.29, 1.82) is 0 Å². The first kappa shape index (κ1) is 9.16. The summed E-state index contributed by atoms with van der Waals surface area (Å²) in [5.74, 6) is 0.840. The van der Waals surface area contributed by atoms with E-state index in [4.69, 9.17) is 0 Å². The lowest BCUT2D eigenvalue weighted by atomic mass is 10.1. The number of tetrazole rings is 1. The van der Waals surface area contributed by atoms with Gasteiger partial charge in [-0.3, -0.25) is 0 Å². The van der Waals surface area contributed by atoms with E-state index in [1.165, 1.54) is 0 Å². The molecule has 0 aliphatic rings. The Hall–Kier alpha value is -0.930. The molecule has 0 saturated carbocycles. The molecule has 0 fully saturated rings. The van der Waals surface area contributed by atoms with Crippen LogP contribution in [0.25, 0.3) is 0 Å². The fourth-order valence-electron chi connectivity index (χ4n) is 0.851. The van der Waals surface area contributed by atoms with E-state index < -0.39 is 0 Å². The Balaban J connectivity index is 2.77. The summed E-state index contributed by atoms with van der Waals surface area (Å²) in [6.45, 7) is 8.29. The maximum atomic E-state index is 4.27. The fraction of sp³-hybridized carbons (Fsp3) is 0.875. The number of hydrogen-bond donors (Lipinski definition) is 0. The van der Waals surface area contributed by atoms with Gasteiger partial charge in [0.1, 0.15) is 0 Å². The Bertz CT molecular complexity index is 246. The summed E-state index contributed by atoms with van der Waals surface area (Å²) in [5.41, 5.74) is -0.0566. The molecule has 1 aromatic heterocycles. The van der Waals surface area contributed by atoms with Crippen LogP contribution in [0.3, 0.4) is 0 Å². The lowest BCUT2D eigenvalue weighted by Crippen LogP contribution is -2.24. The summed E-state index contributed by atoms with van der Waals surface area (Å²) in [6.07, 6.45) is 1.98. The zero-order chi connectivity index (χ0) is 9.19. The quantitative estimate of drug-likeness (QED) is 0.670. The molecule has 0 aliphatic carbocycles. The second kappa shape index (κ2) is 3.21. The van der Waals surface area contributed by atoms with Crippen molar-refractivity contribution in [2.75, 3.05) is 0 Å². The van der Waals surface area contributed by atoms with Crippen molar-refractivity contribution in [3.63, 3.8) is 0 Å². The number of rotatable bonds is 2. The van der Waals surface area contributed by atoms with Crippen LogP contribution in [-0.2, 0) is 12.0 Å². The minimum absolute atomic E-state index is 0.0566. The molecule has 0 amide bonds. The van der Waals surface area contributed by atoms with Gasteiger partial charge in [0.25, 0.3) is 0 Å². The Kier molecular flexibility index (Phi) is 2.45. The molecular weight excluding hydrogens is 152 g/mol. The van der Waals surface area contributed by atoms with E-state index in [1.54, 1.807) is 4.80 Å². The van der Waals surface area contributed by atoms with Gasteiger partial charge in [0.05, 0.1) is 5.54 Å². The highest BCUT2D eigenvalue weighted by Gasteiger charge is 2.16. The van der Waals surface area contributed by atoms with E-state index in [2.05, 4.69) is 43.1 Å². The standard InChI is InChI=1S/C8H16N4/c1-5-6-7-9-11-12(10-7)8(2,3)4/h5-6H2,1-4H3. The average Bonchev–Trinajstić information content (AvgIpc) is 2.35. The molecule has 4 nitrogen and oxygen atoms in total. The third kappa shape index (κ3) is 2.03. The fourth-order valence-corrected chi connectivity index (χ4v) is 0.851. The second-order valence-electron chi connectivity index (χ2n) is 3.92. The first-order chi connectivity index (χ1) is 5.54. The molecule has 0 radical (unpaired) electrons. The molecule has 0 aliphatic heterocycles. The van der Waals surface area contributed by atoms with Crippen molar-refractivity contribution in [3.05, 3.63) is 5.82 Å². The predicted octanol–water partition coefficient (Wildman–Crippen LogP) is 1.38. The van der Waals surface area contributed by atoms with Crippen molar-refractivity contribution in [2.45, 2.75) is 46.1 Å². The van der Waals surface area contributed by atoms with Crippen molar-refractivity contribution in [1.82, 2.24) is 20.2 Å². The van der Waals surface area contributed by atoms with E-state index in [-0.39, 0.29) is 5.54 Å². The largest absolute Gasteiger partial charge is 0.174 e. The molecule has 0 N–H and O–H groups in total. The molecule has 1 heterocycles. The monoisotopic (exact) mass is 168 g/mol. The van der Waals surface area contributed by atoms with E-state index >= 15 is 0 Å². The summed E-state index contributed by atoms with van der Waals surface area (Å²) in [5, 5.41) is 12.2. The topological polar surface area (TPSA) is 43.6 Å². The minimum Gasteiger partial charge on any atom is -0.159 e. The molecule has 0 bridgehead atoms. The zero-order valence-electron chi connectivity index (χ0n) is 8.20. The molecule has 68 valence electrons. The highest BCUT2D eigenvalue weighted by atomic mass is 15.6. The molecule has 0 aromatic carbocycles. The number of aromatic nitrogens is 4. The third-order valence-electron chi connectivity index (χ3n) is 1.53. The van der Waals surface area contributed by atoms with Gasteiger partial charge in [-0.25, -0.2) is 0 Å². The van der Waals surface area contributed by atoms with Crippen LogP contribution in [0, 0.1) is 0 Å². The Labute approximate surface area is 73.0 Å². The lowest BCUT2D eigenvalue weighted by Gasteiger charge is -2.15. The third-order valence-corrected chi connectivity index (χ3v) is 1.53. The van der Waals surface area contributed by atoms with Crippen molar-refractivity contribution in [3.8, 4) is 0 Å². The molecule has 12 heavy (non-hydrogen) atoms. The number of nitrogens with zero attached hydrogens (tertiary/aromatic N) is 4. The van der Waals surface area contributed by atoms with Gasteiger partial charge in [0.15, 0.2) is 5.82 Å². The van der Waals surface area contributed by atoms with Gasteiger partial charge in [0.2, 0.25) is 0 Å². The van der Waals surface area contributed by atoms with Crippen LogP contribution < -0.4 is 0 Å². The summed E-state index contributed by atoms with van der Waals surface area (Å²) >= 11 is 0. The summed E-state index contributed by atoms with van der Waals surface area (Å²) < 4.78 is 0. The lowest BCUT2D eigenvalue weighted by molar-refractivity contribution is 0.305. The van der Waals surface area contributed by atoms with Gasteiger partial charge in [0, 0.05) is 6.42 Å². The van der Waals surface area contributed by atoms with Gasteiger partial charge >= 0.3 is 0 Å². The van der Waals surface area contributed by atoms with E-state index in [9.17, 15) is 0 Å². The highest BCUT2D eigenvalue weighted by molar-refractivity contribution is 4.78. The van der Waals surface area contributed by atoms with Gasteiger partial charge < -0.3 is 0 Å². The highest BCUT2D eigenvalue weighted by Crippen LogP contribution is 2.09. The molecule has 0 atom stereocenters. The first-order valence-corrected chi connectivity index (χ1v) is 4.33.